The first-order valence-electron chi connectivity index (χ1n) is 6.00. The maximum absolute atomic E-state index is 5.81. The number of ether oxygens (including phenoxy) is 2. The third-order valence-corrected chi connectivity index (χ3v) is 2.73. The van der Waals surface area contributed by atoms with Crippen LogP contribution >= 0.6 is 11.6 Å². The van der Waals surface area contributed by atoms with Gasteiger partial charge in [0.05, 0.1) is 6.61 Å². The summed E-state index contributed by atoms with van der Waals surface area (Å²) in [5.74, 6) is 1.55. The summed E-state index contributed by atoms with van der Waals surface area (Å²) >= 11 is 5.63. The van der Waals surface area contributed by atoms with Gasteiger partial charge in [0.15, 0.2) is 11.5 Å². The fraction of sp³-hybridized carbons (Fsp3) is 0.429. The highest BCUT2D eigenvalue weighted by Crippen LogP contribution is 2.31. The molecule has 100 valence electrons. The minimum atomic E-state index is 0.463. The number of hydrogen-bond acceptors (Lipinski definition) is 3. The Morgan fingerprint density at radius 2 is 2.17 bits per heavy atom. The number of nitrogens with one attached hydrogen (secondary N) is 1. The summed E-state index contributed by atoms with van der Waals surface area (Å²) in [6, 6.07) is 5.90. The van der Waals surface area contributed by atoms with E-state index in [0.29, 0.717) is 13.2 Å². The minimum Gasteiger partial charge on any atom is -0.490 e. The third-order valence-electron chi connectivity index (χ3n) is 2.36. The van der Waals surface area contributed by atoms with Gasteiger partial charge in [-0.25, -0.2) is 0 Å². The van der Waals surface area contributed by atoms with Crippen molar-refractivity contribution in [2.45, 2.75) is 20.4 Å². The SMILES string of the molecule is CCOc1cccc(CNC)c1OC/C(C)=C/Cl. The highest BCUT2D eigenvalue weighted by molar-refractivity contribution is 6.25. The van der Waals surface area contributed by atoms with Crippen LogP contribution < -0.4 is 14.8 Å². The predicted molar refractivity (Wildman–Crippen MR) is 75.5 cm³/mol. The average Bonchev–Trinajstić information content (AvgIpc) is 2.38. The molecule has 0 aromatic heterocycles. The molecule has 0 saturated heterocycles. The molecule has 4 heteroatoms. The van der Waals surface area contributed by atoms with Crippen molar-refractivity contribution in [3.8, 4) is 11.5 Å². The minimum absolute atomic E-state index is 0.463. The molecule has 18 heavy (non-hydrogen) atoms. The molecule has 0 aliphatic rings. The summed E-state index contributed by atoms with van der Waals surface area (Å²) in [5.41, 5.74) is 3.57. The molecule has 0 spiro atoms. The topological polar surface area (TPSA) is 30.5 Å². The van der Waals surface area contributed by atoms with E-state index in [4.69, 9.17) is 21.1 Å². The summed E-state index contributed by atoms with van der Waals surface area (Å²) in [5, 5.41) is 3.12. The molecule has 1 N–H and O–H groups in total. The lowest BCUT2D eigenvalue weighted by molar-refractivity contribution is 0.290. The molecule has 0 fully saturated rings. The summed E-state index contributed by atoms with van der Waals surface area (Å²) in [6.45, 7) is 5.69. The zero-order valence-electron chi connectivity index (χ0n) is 11.1. The average molecular weight is 270 g/mol. The smallest absolute Gasteiger partial charge is 0.166 e. The van der Waals surface area contributed by atoms with Gasteiger partial charge in [0.1, 0.15) is 6.61 Å². The lowest BCUT2D eigenvalue weighted by Gasteiger charge is -2.15. The first-order chi connectivity index (χ1) is 8.72. The van der Waals surface area contributed by atoms with E-state index in [2.05, 4.69) is 5.32 Å². The third kappa shape index (κ3) is 4.24. The van der Waals surface area contributed by atoms with Gasteiger partial charge in [-0.2, -0.15) is 0 Å². The quantitative estimate of drug-likeness (QED) is 0.824. The molecule has 0 bridgehead atoms. The molecule has 0 heterocycles. The second kappa shape index (κ2) is 8.01. The van der Waals surface area contributed by atoms with Crippen LogP contribution in [-0.2, 0) is 6.54 Å². The van der Waals surface area contributed by atoms with Gasteiger partial charge in [0, 0.05) is 17.6 Å². The normalized spacial score (nSPS) is 11.4. The predicted octanol–water partition coefficient (Wildman–Crippen LogP) is 3.33. The standard InChI is InChI=1S/C14H20ClNO2/c1-4-17-13-7-5-6-12(9-16-3)14(13)18-10-11(2)8-15/h5-8,16H,4,9-10H2,1-3H3/b11-8+. The summed E-state index contributed by atoms with van der Waals surface area (Å²) in [4.78, 5) is 0. The van der Waals surface area contributed by atoms with Crippen LogP contribution in [0.1, 0.15) is 19.4 Å². The number of halogens is 1. The molecule has 1 aromatic carbocycles. The van der Waals surface area contributed by atoms with Gasteiger partial charge in [0.2, 0.25) is 0 Å². The monoisotopic (exact) mass is 269 g/mol. The van der Waals surface area contributed by atoms with Crippen molar-refractivity contribution >= 4 is 11.6 Å². The van der Waals surface area contributed by atoms with Crippen LogP contribution in [-0.4, -0.2) is 20.3 Å². The lowest BCUT2D eigenvalue weighted by Crippen LogP contribution is -2.10. The molecule has 0 amide bonds. The van der Waals surface area contributed by atoms with E-state index in [9.17, 15) is 0 Å². The summed E-state index contributed by atoms with van der Waals surface area (Å²) < 4.78 is 11.4. The van der Waals surface area contributed by atoms with E-state index in [1.54, 1.807) is 0 Å². The van der Waals surface area contributed by atoms with E-state index in [1.165, 1.54) is 5.54 Å². The van der Waals surface area contributed by atoms with Gasteiger partial charge in [-0.15, -0.1) is 0 Å². The molecule has 1 aromatic rings. The van der Waals surface area contributed by atoms with Crippen LogP contribution in [0.25, 0.3) is 0 Å². The molecule has 0 radical (unpaired) electrons. The fourth-order valence-electron chi connectivity index (χ4n) is 1.54. The Bertz CT molecular complexity index is 381. The Morgan fingerprint density at radius 3 is 2.78 bits per heavy atom. The molecule has 3 nitrogen and oxygen atoms in total. The largest absolute Gasteiger partial charge is 0.490 e. The number of benzene rings is 1. The van der Waals surface area contributed by atoms with Crippen LogP contribution in [0.3, 0.4) is 0 Å². The van der Waals surface area contributed by atoms with Crippen LogP contribution in [0, 0.1) is 0 Å². The number of rotatable bonds is 7. The van der Waals surface area contributed by atoms with Crippen molar-refractivity contribution in [2.24, 2.45) is 0 Å². The maximum Gasteiger partial charge on any atom is 0.166 e. The zero-order valence-corrected chi connectivity index (χ0v) is 11.9. The van der Waals surface area contributed by atoms with Crippen molar-refractivity contribution in [1.82, 2.24) is 5.32 Å². The molecular weight excluding hydrogens is 250 g/mol. The van der Waals surface area contributed by atoms with E-state index in [-0.39, 0.29) is 0 Å². The Kier molecular flexibility index (Phi) is 6.61. The van der Waals surface area contributed by atoms with Gasteiger partial charge >= 0.3 is 0 Å². The van der Waals surface area contributed by atoms with Gasteiger partial charge in [-0.05, 0) is 32.5 Å². The Balaban J connectivity index is 2.94. The molecular formula is C14H20ClNO2. The Morgan fingerprint density at radius 1 is 1.39 bits per heavy atom. The first kappa shape index (κ1) is 14.9. The van der Waals surface area contributed by atoms with Gasteiger partial charge in [-0.1, -0.05) is 23.7 Å². The molecule has 1 rings (SSSR count). The van der Waals surface area contributed by atoms with E-state index in [1.807, 2.05) is 39.1 Å². The highest BCUT2D eigenvalue weighted by Gasteiger charge is 2.10. The van der Waals surface area contributed by atoms with Gasteiger partial charge < -0.3 is 14.8 Å². The molecule has 0 unspecified atom stereocenters. The summed E-state index contributed by atoms with van der Waals surface area (Å²) in [6.07, 6.45) is 0. The van der Waals surface area contributed by atoms with Crippen LogP contribution in [0.5, 0.6) is 11.5 Å². The number of hydrogen-bond donors (Lipinski definition) is 1. The second-order valence-corrected chi connectivity index (χ2v) is 4.17. The molecule has 0 saturated carbocycles. The second-order valence-electron chi connectivity index (χ2n) is 3.95. The number of para-hydroxylation sites is 1. The van der Waals surface area contributed by atoms with Gasteiger partial charge in [-0.3, -0.25) is 0 Å². The van der Waals surface area contributed by atoms with Crippen LogP contribution in [0.2, 0.25) is 0 Å². The Hall–Kier alpha value is -1.19. The van der Waals surface area contributed by atoms with Crippen molar-refractivity contribution in [3.63, 3.8) is 0 Å². The van der Waals surface area contributed by atoms with E-state index in [0.717, 1.165) is 29.2 Å². The van der Waals surface area contributed by atoms with Crippen LogP contribution in [0.4, 0.5) is 0 Å². The lowest BCUT2D eigenvalue weighted by atomic mass is 10.2. The van der Waals surface area contributed by atoms with E-state index < -0.39 is 0 Å². The summed E-state index contributed by atoms with van der Waals surface area (Å²) in [7, 11) is 1.90. The van der Waals surface area contributed by atoms with Crippen molar-refractivity contribution in [3.05, 3.63) is 34.9 Å². The maximum atomic E-state index is 5.81. The molecule has 0 aliphatic carbocycles. The van der Waals surface area contributed by atoms with Crippen molar-refractivity contribution < 1.29 is 9.47 Å². The van der Waals surface area contributed by atoms with Crippen molar-refractivity contribution in [1.29, 1.82) is 0 Å². The first-order valence-corrected chi connectivity index (χ1v) is 6.44. The molecule has 0 aliphatic heterocycles. The Labute approximate surface area is 114 Å². The highest BCUT2D eigenvalue weighted by atomic mass is 35.5. The van der Waals surface area contributed by atoms with E-state index >= 15 is 0 Å². The zero-order chi connectivity index (χ0) is 13.4. The van der Waals surface area contributed by atoms with Gasteiger partial charge in [0.25, 0.3) is 0 Å². The van der Waals surface area contributed by atoms with Crippen molar-refractivity contribution in [2.75, 3.05) is 20.3 Å². The van der Waals surface area contributed by atoms with Crippen LogP contribution in [0.15, 0.2) is 29.3 Å². The molecule has 0 atom stereocenters. The fourth-order valence-corrected chi connectivity index (χ4v) is 1.60.